The van der Waals surface area contributed by atoms with Gasteiger partial charge in [0.05, 0.1) is 24.5 Å². The van der Waals surface area contributed by atoms with Crippen LogP contribution in [-0.4, -0.2) is 34.1 Å². The molecule has 33 heavy (non-hydrogen) atoms. The van der Waals surface area contributed by atoms with E-state index >= 15 is 0 Å². The minimum atomic E-state index is -2.79. The Kier molecular flexibility index (Phi) is 7.81. The SMILES string of the molecule is CCOC(=O)CCCOc1nc(N)nc(-c2ccc(F)cc2)c1-c1cc(C)nc(C(F)F)c1. The number of nitrogen functional groups attached to an aromatic ring is 1. The van der Waals surface area contributed by atoms with Crippen LogP contribution in [0.2, 0.25) is 0 Å². The third kappa shape index (κ3) is 6.18. The topological polar surface area (TPSA) is 100 Å². The molecule has 0 saturated heterocycles. The van der Waals surface area contributed by atoms with Crippen molar-refractivity contribution in [1.82, 2.24) is 15.0 Å². The number of halogens is 3. The number of benzene rings is 1. The lowest BCUT2D eigenvalue weighted by atomic mass is 9.99. The van der Waals surface area contributed by atoms with E-state index in [9.17, 15) is 18.0 Å². The Labute approximate surface area is 188 Å². The van der Waals surface area contributed by atoms with Gasteiger partial charge >= 0.3 is 5.97 Å². The second-order valence-electron chi connectivity index (χ2n) is 7.10. The number of hydrogen-bond acceptors (Lipinski definition) is 7. The van der Waals surface area contributed by atoms with Gasteiger partial charge in [-0.05, 0) is 62.2 Å². The zero-order valence-corrected chi connectivity index (χ0v) is 18.1. The van der Waals surface area contributed by atoms with E-state index in [0.717, 1.165) is 0 Å². The Morgan fingerprint density at radius 3 is 2.48 bits per heavy atom. The van der Waals surface area contributed by atoms with Crippen LogP contribution >= 0.6 is 0 Å². The maximum Gasteiger partial charge on any atom is 0.305 e. The van der Waals surface area contributed by atoms with Gasteiger partial charge in [0, 0.05) is 17.7 Å². The number of aryl methyl sites for hydroxylation is 1. The predicted octanol–water partition coefficient (Wildman–Crippen LogP) is 4.90. The summed E-state index contributed by atoms with van der Waals surface area (Å²) in [6, 6.07) is 8.31. The first-order chi connectivity index (χ1) is 15.8. The molecule has 0 radical (unpaired) electrons. The van der Waals surface area contributed by atoms with Crippen LogP contribution < -0.4 is 10.5 Å². The number of esters is 1. The monoisotopic (exact) mass is 460 g/mol. The maximum absolute atomic E-state index is 13.5. The van der Waals surface area contributed by atoms with Crippen molar-refractivity contribution in [3.8, 4) is 28.3 Å². The van der Waals surface area contributed by atoms with E-state index in [4.69, 9.17) is 15.2 Å². The van der Waals surface area contributed by atoms with Crippen molar-refractivity contribution in [2.75, 3.05) is 18.9 Å². The standard InChI is InChI=1S/C23H23F3N4O3/c1-3-32-18(31)5-4-10-33-22-19(15-11-13(2)28-17(12-15)21(25)26)20(29-23(27)30-22)14-6-8-16(24)9-7-14/h6-9,11-12,21H,3-5,10H2,1-2H3,(H2,27,29,30). The molecule has 7 nitrogen and oxygen atoms in total. The van der Waals surface area contributed by atoms with Gasteiger partial charge in [0.15, 0.2) is 0 Å². The highest BCUT2D eigenvalue weighted by Gasteiger charge is 2.21. The molecule has 3 rings (SSSR count). The number of ether oxygens (including phenoxy) is 2. The van der Waals surface area contributed by atoms with Crippen molar-refractivity contribution in [3.05, 3.63) is 53.6 Å². The van der Waals surface area contributed by atoms with Gasteiger partial charge in [-0.1, -0.05) is 0 Å². The van der Waals surface area contributed by atoms with Crippen molar-refractivity contribution in [2.45, 2.75) is 33.1 Å². The molecule has 2 aromatic heterocycles. The molecule has 10 heteroatoms. The number of anilines is 1. The lowest BCUT2D eigenvalue weighted by Crippen LogP contribution is -2.09. The number of carbonyl (C=O) groups is 1. The van der Waals surface area contributed by atoms with E-state index in [1.807, 2.05) is 0 Å². The van der Waals surface area contributed by atoms with Crippen molar-refractivity contribution < 1.29 is 27.4 Å². The number of pyridine rings is 1. The Hall–Kier alpha value is -3.69. The summed E-state index contributed by atoms with van der Waals surface area (Å²) in [5.74, 6) is -0.866. The van der Waals surface area contributed by atoms with Gasteiger partial charge < -0.3 is 15.2 Å². The highest BCUT2D eigenvalue weighted by molar-refractivity contribution is 5.85. The summed E-state index contributed by atoms with van der Waals surface area (Å²) in [6.07, 6.45) is -2.31. The lowest BCUT2D eigenvalue weighted by molar-refractivity contribution is -0.143. The van der Waals surface area contributed by atoms with Crippen LogP contribution in [0, 0.1) is 12.7 Å². The molecular weight excluding hydrogens is 437 g/mol. The summed E-state index contributed by atoms with van der Waals surface area (Å²) in [5, 5.41) is 0. The van der Waals surface area contributed by atoms with Gasteiger partial charge in [0.1, 0.15) is 11.5 Å². The molecular formula is C23H23F3N4O3. The highest BCUT2D eigenvalue weighted by Crippen LogP contribution is 2.39. The van der Waals surface area contributed by atoms with Crippen molar-refractivity contribution in [2.24, 2.45) is 0 Å². The van der Waals surface area contributed by atoms with Crippen LogP contribution in [0.3, 0.4) is 0 Å². The molecule has 174 valence electrons. The molecule has 0 atom stereocenters. The fourth-order valence-corrected chi connectivity index (χ4v) is 3.21. The van der Waals surface area contributed by atoms with Crippen LogP contribution in [-0.2, 0) is 9.53 Å². The van der Waals surface area contributed by atoms with Crippen LogP contribution in [0.4, 0.5) is 19.1 Å². The van der Waals surface area contributed by atoms with Crippen LogP contribution in [0.25, 0.3) is 22.4 Å². The fraction of sp³-hybridized carbons (Fsp3) is 0.304. The Morgan fingerprint density at radius 1 is 1.09 bits per heavy atom. The van der Waals surface area contributed by atoms with E-state index in [1.165, 1.54) is 30.3 Å². The van der Waals surface area contributed by atoms with Crippen molar-refractivity contribution in [1.29, 1.82) is 0 Å². The van der Waals surface area contributed by atoms with E-state index in [-0.39, 0.29) is 43.1 Å². The molecule has 0 saturated carbocycles. The highest BCUT2D eigenvalue weighted by atomic mass is 19.3. The first-order valence-electron chi connectivity index (χ1n) is 10.3. The number of nitrogens with zero attached hydrogens (tertiary/aromatic N) is 3. The zero-order valence-electron chi connectivity index (χ0n) is 18.1. The van der Waals surface area contributed by atoms with Gasteiger partial charge in [-0.2, -0.15) is 4.98 Å². The predicted molar refractivity (Wildman–Crippen MR) is 116 cm³/mol. The third-order valence-electron chi connectivity index (χ3n) is 4.57. The number of rotatable bonds is 9. The molecule has 0 bridgehead atoms. The summed E-state index contributed by atoms with van der Waals surface area (Å²) < 4.78 is 51.1. The van der Waals surface area contributed by atoms with Crippen LogP contribution in [0.15, 0.2) is 36.4 Å². The largest absolute Gasteiger partial charge is 0.477 e. The Morgan fingerprint density at radius 2 is 1.82 bits per heavy atom. The fourth-order valence-electron chi connectivity index (χ4n) is 3.21. The first-order valence-corrected chi connectivity index (χ1v) is 10.3. The molecule has 1 aromatic carbocycles. The molecule has 0 aliphatic rings. The number of aromatic nitrogens is 3. The average Bonchev–Trinajstić information content (AvgIpc) is 2.76. The van der Waals surface area contributed by atoms with Gasteiger partial charge in [-0.25, -0.2) is 18.2 Å². The quantitative estimate of drug-likeness (QED) is 0.358. The summed E-state index contributed by atoms with van der Waals surface area (Å²) in [7, 11) is 0. The third-order valence-corrected chi connectivity index (χ3v) is 4.57. The first kappa shape index (κ1) is 24.0. The second-order valence-corrected chi connectivity index (χ2v) is 7.10. The molecule has 0 amide bonds. The average molecular weight is 460 g/mol. The van der Waals surface area contributed by atoms with Gasteiger partial charge in [-0.15, -0.1) is 0 Å². The lowest BCUT2D eigenvalue weighted by Gasteiger charge is -2.16. The Bertz CT molecular complexity index is 1120. The molecule has 0 fully saturated rings. The van der Waals surface area contributed by atoms with Crippen LogP contribution in [0.1, 0.15) is 37.6 Å². The number of nitrogens with two attached hydrogens (primary N) is 1. The van der Waals surface area contributed by atoms with Crippen LogP contribution in [0.5, 0.6) is 5.88 Å². The van der Waals surface area contributed by atoms with Gasteiger partial charge in [-0.3, -0.25) is 9.78 Å². The second kappa shape index (κ2) is 10.8. The summed E-state index contributed by atoms with van der Waals surface area (Å²) in [6.45, 7) is 3.68. The molecule has 0 unspecified atom stereocenters. The number of carbonyl (C=O) groups excluding carboxylic acids is 1. The molecule has 3 aromatic rings. The smallest absolute Gasteiger partial charge is 0.305 e. The Balaban J connectivity index is 2.07. The zero-order chi connectivity index (χ0) is 24.0. The minimum Gasteiger partial charge on any atom is -0.477 e. The summed E-state index contributed by atoms with van der Waals surface area (Å²) >= 11 is 0. The minimum absolute atomic E-state index is 0.0523. The maximum atomic E-state index is 13.5. The van der Waals surface area contributed by atoms with Crippen molar-refractivity contribution >= 4 is 11.9 Å². The van der Waals surface area contributed by atoms with E-state index in [0.29, 0.717) is 28.8 Å². The molecule has 2 N–H and O–H groups in total. The summed E-state index contributed by atoms with van der Waals surface area (Å²) in [5.41, 5.74) is 7.26. The normalized spacial score (nSPS) is 11.0. The van der Waals surface area contributed by atoms with Gasteiger partial charge in [0.2, 0.25) is 11.8 Å². The van der Waals surface area contributed by atoms with E-state index < -0.39 is 17.9 Å². The number of alkyl halides is 2. The van der Waals surface area contributed by atoms with E-state index in [1.54, 1.807) is 19.9 Å². The molecule has 0 aliphatic carbocycles. The van der Waals surface area contributed by atoms with Gasteiger partial charge in [0.25, 0.3) is 6.43 Å². The van der Waals surface area contributed by atoms with Crippen molar-refractivity contribution in [3.63, 3.8) is 0 Å². The molecule has 0 spiro atoms. The molecule has 2 heterocycles. The summed E-state index contributed by atoms with van der Waals surface area (Å²) in [4.78, 5) is 23.9. The molecule has 0 aliphatic heterocycles. The number of hydrogen-bond donors (Lipinski definition) is 1. The van der Waals surface area contributed by atoms with E-state index in [2.05, 4.69) is 15.0 Å².